The van der Waals surface area contributed by atoms with Gasteiger partial charge >= 0.3 is 0 Å². The second-order valence-electron chi connectivity index (χ2n) is 8.99. The Kier molecular flexibility index (Phi) is 5.68. The van der Waals surface area contributed by atoms with Gasteiger partial charge in [0.15, 0.2) is 0 Å². The number of aryl methyl sites for hydroxylation is 1. The largest absolute Gasteiger partial charge is 0.393 e. The lowest BCUT2D eigenvalue weighted by atomic mass is 9.76. The third-order valence-electron chi connectivity index (χ3n) is 5.86. The van der Waals surface area contributed by atoms with E-state index in [9.17, 15) is 9.90 Å². The highest BCUT2D eigenvalue weighted by Crippen LogP contribution is 2.42. The number of carbonyl (C=O) groups excluding carboxylic acids is 1. The Morgan fingerprint density at radius 2 is 1.96 bits per heavy atom. The summed E-state index contributed by atoms with van der Waals surface area (Å²) in [6.45, 7) is 7.95. The molecule has 2 aliphatic rings. The molecule has 2 fully saturated rings. The van der Waals surface area contributed by atoms with Gasteiger partial charge in [0.2, 0.25) is 5.91 Å². The first-order valence-corrected chi connectivity index (χ1v) is 9.80. The summed E-state index contributed by atoms with van der Waals surface area (Å²) in [4.78, 5) is 18.5. The van der Waals surface area contributed by atoms with E-state index in [1.54, 1.807) is 12.4 Å². The average molecular weight is 360 g/mol. The Morgan fingerprint density at radius 1 is 1.31 bits per heavy atom. The van der Waals surface area contributed by atoms with Crippen LogP contribution in [0.1, 0.15) is 58.4 Å². The minimum atomic E-state index is -0.304. The van der Waals surface area contributed by atoms with Crippen molar-refractivity contribution in [3.63, 3.8) is 0 Å². The number of piperidine rings is 1. The van der Waals surface area contributed by atoms with Crippen molar-refractivity contribution in [1.82, 2.24) is 9.88 Å². The summed E-state index contributed by atoms with van der Waals surface area (Å²) in [5, 5.41) is 10.4. The number of hydrogen-bond donors (Lipinski definition) is 1. The maximum Gasteiger partial charge on any atom is 0.222 e. The molecule has 3 heterocycles. The number of aliphatic hydroxyl groups excluding tert-OH is 1. The van der Waals surface area contributed by atoms with E-state index in [0.29, 0.717) is 19.3 Å². The summed E-state index contributed by atoms with van der Waals surface area (Å²) >= 11 is 0. The summed E-state index contributed by atoms with van der Waals surface area (Å²) in [6, 6.07) is 3.92. The number of pyridine rings is 1. The lowest BCUT2D eigenvalue weighted by Gasteiger charge is -2.50. The van der Waals surface area contributed by atoms with Crippen LogP contribution in [0.3, 0.4) is 0 Å². The van der Waals surface area contributed by atoms with Crippen molar-refractivity contribution in [2.24, 2.45) is 5.41 Å². The number of amides is 1. The molecular formula is C21H32N2O3. The third kappa shape index (κ3) is 4.63. The van der Waals surface area contributed by atoms with Crippen molar-refractivity contribution in [1.29, 1.82) is 0 Å². The number of ether oxygens (including phenoxy) is 1. The molecule has 0 unspecified atom stereocenters. The lowest BCUT2D eigenvalue weighted by molar-refractivity contribution is -0.207. The topological polar surface area (TPSA) is 62.7 Å². The monoisotopic (exact) mass is 360 g/mol. The molecule has 26 heavy (non-hydrogen) atoms. The number of rotatable bonds is 3. The van der Waals surface area contributed by atoms with Gasteiger partial charge in [0.05, 0.1) is 17.8 Å². The van der Waals surface area contributed by atoms with Gasteiger partial charge in [-0.3, -0.25) is 9.78 Å². The van der Waals surface area contributed by atoms with Crippen LogP contribution in [0.2, 0.25) is 0 Å². The highest BCUT2D eigenvalue weighted by Gasteiger charge is 2.46. The molecule has 1 aromatic rings. The van der Waals surface area contributed by atoms with Crippen LogP contribution in [0, 0.1) is 5.41 Å². The van der Waals surface area contributed by atoms with Crippen LogP contribution in [0.25, 0.3) is 0 Å². The number of nitrogens with zero attached hydrogens (tertiary/aromatic N) is 2. The molecule has 2 aliphatic heterocycles. The fourth-order valence-electron chi connectivity index (χ4n) is 4.13. The Hall–Kier alpha value is -1.46. The maximum atomic E-state index is 12.6. The fourth-order valence-corrected chi connectivity index (χ4v) is 4.13. The summed E-state index contributed by atoms with van der Waals surface area (Å²) in [6.07, 6.45) is 7.62. The Bertz CT molecular complexity index is 603. The van der Waals surface area contributed by atoms with E-state index in [2.05, 4.69) is 25.8 Å². The van der Waals surface area contributed by atoms with E-state index in [-0.39, 0.29) is 29.1 Å². The molecule has 144 valence electrons. The van der Waals surface area contributed by atoms with Crippen LogP contribution in [0.5, 0.6) is 0 Å². The predicted octanol–water partition coefficient (Wildman–Crippen LogP) is 2.96. The van der Waals surface area contributed by atoms with E-state index in [4.69, 9.17) is 4.74 Å². The molecular weight excluding hydrogens is 328 g/mol. The Morgan fingerprint density at radius 3 is 2.58 bits per heavy atom. The minimum absolute atomic E-state index is 0.0197. The van der Waals surface area contributed by atoms with Gasteiger partial charge in [-0.1, -0.05) is 20.8 Å². The molecule has 2 atom stereocenters. The molecule has 3 rings (SSSR count). The quantitative estimate of drug-likeness (QED) is 0.900. The van der Waals surface area contributed by atoms with Crippen molar-refractivity contribution in [3.05, 3.63) is 30.1 Å². The van der Waals surface area contributed by atoms with E-state index in [0.717, 1.165) is 37.9 Å². The second-order valence-corrected chi connectivity index (χ2v) is 8.99. The van der Waals surface area contributed by atoms with E-state index < -0.39 is 0 Å². The van der Waals surface area contributed by atoms with Crippen LogP contribution >= 0.6 is 0 Å². The summed E-state index contributed by atoms with van der Waals surface area (Å²) in [5.41, 5.74) is 0.900. The minimum Gasteiger partial charge on any atom is -0.393 e. The Labute approximate surface area is 156 Å². The van der Waals surface area contributed by atoms with Crippen LogP contribution < -0.4 is 0 Å². The van der Waals surface area contributed by atoms with Crippen LogP contribution in [0.4, 0.5) is 0 Å². The van der Waals surface area contributed by atoms with Crippen LogP contribution in [-0.2, 0) is 16.0 Å². The molecule has 5 nitrogen and oxygen atoms in total. The Balaban J connectivity index is 1.53. The number of hydrogen-bond acceptors (Lipinski definition) is 4. The number of likely N-dealkylation sites (tertiary alicyclic amines) is 1. The first-order valence-electron chi connectivity index (χ1n) is 9.80. The average Bonchev–Trinajstić information content (AvgIpc) is 2.60. The number of aromatic nitrogens is 1. The fraction of sp³-hybridized carbons (Fsp3) is 0.714. The summed E-state index contributed by atoms with van der Waals surface area (Å²) < 4.78 is 6.50. The van der Waals surface area contributed by atoms with Gasteiger partial charge in [-0.05, 0) is 42.4 Å². The maximum absolute atomic E-state index is 12.6. The lowest BCUT2D eigenvalue weighted by Crippen LogP contribution is -2.55. The molecule has 0 radical (unpaired) electrons. The summed E-state index contributed by atoms with van der Waals surface area (Å²) in [7, 11) is 0. The zero-order chi connectivity index (χ0) is 18.8. The SMILES string of the molecule is CC(C)(C)[C@H]1C[C@@H](O)CC2(CCN(C(=O)CCc3ccncc3)CC2)O1. The molecule has 0 aliphatic carbocycles. The molecule has 1 N–H and O–H groups in total. The standard InChI is InChI=1S/C21H32N2O3/c1-20(2,3)18-14-17(24)15-21(26-18)8-12-23(13-9-21)19(25)5-4-16-6-10-22-11-7-16/h6-7,10-11,17-18,24H,4-5,8-9,12-15H2,1-3H3/t17-,18-/m1/s1. The smallest absolute Gasteiger partial charge is 0.222 e. The first-order chi connectivity index (χ1) is 12.3. The molecule has 5 heteroatoms. The van der Waals surface area contributed by atoms with Gasteiger partial charge in [0.25, 0.3) is 0 Å². The van der Waals surface area contributed by atoms with Crippen molar-refractivity contribution in [2.75, 3.05) is 13.1 Å². The second kappa shape index (κ2) is 7.65. The normalized spacial score (nSPS) is 26.1. The predicted molar refractivity (Wildman–Crippen MR) is 101 cm³/mol. The zero-order valence-corrected chi connectivity index (χ0v) is 16.3. The molecule has 1 aromatic heterocycles. The van der Waals surface area contributed by atoms with Gasteiger partial charge in [0.1, 0.15) is 0 Å². The van der Waals surface area contributed by atoms with E-state index in [1.165, 1.54) is 0 Å². The van der Waals surface area contributed by atoms with Crippen molar-refractivity contribution < 1.29 is 14.6 Å². The van der Waals surface area contributed by atoms with Gasteiger partial charge in [-0.15, -0.1) is 0 Å². The van der Waals surface area contributed by atoms with Crippen molar-refractivity contribution >= 4 is 5.91 Å². The molecule has 0 saturated carbocycles. The van der Waals surface area contributed by atoms with Crippen LogP contribution in [-0.4, -0.2) is 51.8 Å². The zero-order valence-electron chi connectivity index (χ0n) is 16.3. The number of carbonyl (C=O) groups is 1. The number of aliphatic hydroxyl groups is 1. The highest BCUT2D eigenvalue weighted by atomic mass is 16.5. The molecule has 1 amide bonds. The van der Waals surface area contributed by atoms with Crippen molar-refractivity contribution in [2.45, 2.75) is 77.1 Å². The molecule has 0 bridgehead atoms. The van der Waals surface area contributed by atoms with Crippen LogP contribution in [0.15, 0.2) is 24.5 Å². The van der Waals surface area contributed by atoms with Gasteiger partial charge in [-0.2, -0.15) is 0 Å². The van der Waals surface area contributed by atoms with Gasteiger partial charge in [-0.25, -0.2) is 0 Å². The van der Waals surface area contributed by atoms with Gasteiger partial charge in [0, 0.05) is 44.7 Å². The van der Waals surface area contributed by atoms with Crippen molar-refractivity contribution in [3.8, 4) is 0 Å². The summed E-state index contributed by atoms with van der Waals surface area (Å²) in [5.74, 6) is 0.209. The van der Waals surface area contributed by atoms with E-state index in [1.807, 2.05) is 17.0 Å². The first kappa shape index (κ1) is 19.3. The van der Waals surface area contributed by atoms with E-state index >= 15 is 0 Å². The molecule has 1 spiro atoms. The molecule has 0 aromatic carbocycles. The van der Waals surface area contributed by atoms with Gasteiger partial charge < -0.3 is 14.7 Å². The molecule has 2 saturated heterocycles. The third-order valence-corrected chi connectivity index (χ3v) is 5.86. The highest BCUT2D eigenvalue weighted by molar-refractivity contribution is 5.76.